The van der Waals surface area contributed by atoms with Gasteiger partial charge in [-0.2, -0.15) is 0 Å². The molecule has 1 saturated heterocycles. The molecule has 3 rings (SSSR count). The van der Waals surface area contributed by atoms with Crippen molar-refractivity contribution in [3.05, 3.63) is 53.2 Å². The fourth-order valence-electron chi connectivity index (χ4n) is 3.52. The Bertz CT molecular complexity index is 752. The quantitative estimate of drug-likeness (QED) is 0.239. The monoisotopic (exact) mass is 526 g/mol. The number of nitrogens with zero attached hydrogens (tertiary/aromatic N) is 4. The molecule has 7 nitrogen and oxygen atoms in total. The van der Waals surface area contributed by atoms with Gasteiger partial charge in [0, 0.05) is 46.3 Å². The zero-order valence-electron chi connectivity index (χ0n) is 18.4. The number of hydrogen-bond donors (Lipinski definition) is 2. The summed E-state index contributed by atoms with van der Waals surface area (Å²) < 4.78 is 5.59. The van der Waals surface area contributed by atoms with Crippen LogP contribution in [0.4, 0.5) is 0 Å². The smallest absolute Gasteiger partial charge is 0.214 e. The summed E-state index contributed by atoms with van der Waals surface area (Å²) in [6.07, 6.45) is 1.09. The van der Waals surface area contributed by atoms with Crippen LogP contribution in [0.5, 0.6) is 0 Å². The maximum Gasteiger partial charge on any atom is 0.214 e. The molecule has 2 N–H and O–H groups in total. The summed E-state index contributed by atoms with van der Waals surface area (Å²) in [6, 6.07) is 10.7. The predicted molar refractivity (Wildman–Crippen MR) is 132 cm³/mol. The van der Waals surface area contributed by atoms with Crippen molar-refractivity contribution < 1.29 is 4.42 Å². The molecule has 0 unspecified atom stereocenters. The van der Waals surface area contributed by atoms with Crippen LogP contribution < -0.4 is 10.6 Å². The Kier molecular flexibility index (Phi) is 10.6. The summed E-state index contributed by atoms with van der Waals surface area (Å²) in [5, 5.41) is 6.63. The molecule has 0 atom stereocenters. The summed E-state index contributed by atoms with van der Waals surface area (Å²) in [7, 11) is 1.79. The second-order valence-electron chi connectivity index (χ2n) is 7.56. The third-order valence-corrected chi connectivity index (χ3v) is 5.36. The summed E-state index contributed by atoms with van der Waals surface area (Å²) in [5.41, 5.74) is 2.34. The van der Waals surface area contributed by atoms with Crippen LogP contribution in [0.2, 0.25) is 0 Å². The number of aliphatic imine (C=N–C) groups is 1. The molecule has 0 bridgehead atoms. The third-order valence-electron chi connectivity index (χ3n) is 5.36. The Labute approximate surface area is 197 Å². The number of aryl methyl sites for hydroxylation is 2. The van der Waals surface area contributed by atoms with Crippen molar-refractivity contribution in [3.8, 4) is 0 Å². The van der Waals surface area contributed by atoms with Gasteiger partial charge in [0.2, 0.25) is 5.89 Å². The highest BCUT2D eigenvalue weighted by atomic mass is 127. The van der Waals surface area contributed by atoms with Crippen molar-refractivity contribution in [1.82, 2.24) is 25.4 Å². The van der Waals surface area contributed by atoms with Crippen LogP contribution in [0.25, 0.3) is 0 Å². The zero-order valence-corrected chi connectivity index (χ0v) is 20.7. The first-order valence-electron chi connectivity index (χ1n) is 10.5. The number of hydrogen-bond acceptors (Lipinski definition) is 5. The molecule has 2 heterocycles. The van der Waals surface area contributed by atoms with Gasteiger partial charge in [0.05, 0.1) is 12.2 Å². The number of benzene rings is 1. The number of nitrogens with one attached hydrogen (secondary N) is 2. The molecule has 0 radical (unpaired) electrons. The molecule has 166 valence electrons. The standard InChI is InChI=1S/C22H34N6O.HI/c1-18-19(2)29-21(26-18)16-25-22(23-3)24-10-7-11-27-12-14-28(15-13-27)17-20-8-5-4-6-9-20;/h4-6,8-9H,7,10-17H2,1-3H3,(H2,23,24,25);1H. The van der Waals surface area contributed by atoms with E-state index >= 15 is 0 Å². The average molecular weight is 526 g/mol. The first-order valence-corrected chi connectivity index (χ1v) is 10.5. The fourth-order valence-corrected chi connectivity index (χ4v) is 3.52. The molecule has 0 amide bonds. The van der Waals surface area contributed by atoms with Gasteiger partial charge < -0.3 is 20.0 Å². The van der Waals surface area contributed by atoms with E-state index in [-0.39, 0.29) is 24.0 Å². The largest absolute Gasteiger partial charge is 0.444 e. The maximum atomic E-state index is 5.59. The zero-order chi connectivity index (χ0) is 20.5. The van der Waals surface area contributed by atoms with Crippen molar-refractivity contribution >= 4 is 29.9 Å². The van der Waals surface area contributed by atoms with E-state index in [4.69, 9.17) is 4.42 Å². The molecule has 0 spiro atoms. The van der Waals surface area contributed by atoms with Gasteiger partial charge in [-0.15, -0.1) is 24.0 Å². The third kappa shape index (κ3) is 7.88. The second-order valence-corrected chi connectivity index (χ2v) is 7.56. The Morgan fingerprint density at radius 2 is 1.77 bits per heavy atom. The highest BCUT2D eigenvalue weighted by Crippen LogP contribution is 2.09. The molecule has 1 aliphatic rings. The number of halogens is 1. The van der Waals surface area contributed by atoms with Crippen molar-refractivity contribution in [2.45, 2.75) is 33.4 Å². The minimum Gasteiger partial charge on any atom is -0.444 e. The molecule has 30 heavy (non-hydrogen) atoms. The number of aromatic nitrogens is 1. The van der Waals surface area contributed by atoms with Crippen LogP contribution in [-0.2, 0) is 13.1 Å². The lowest BCUT2D eigenvalue weighted by Crippen LogP contribution is -2.46. The van der Waals surface area contributed by atoms with E-state index in [1.165, 1.54) is 5.56 Å². The van der Waals surface area contributed by atoms with Crippen molar-refractivity contribution in [3.63, 3.8) is 0 Å². The summed E-state index contributed by atoms with van der Waals surface area (Å²) >= 11 is 0. The number of oxazole rings is 1. The lowest BCUT2D eigenvalue weighted by Gasteiger charge is -2.34. The van der Waals surface area contributed by atoms with E-state index in [0.717, 1.165) is 69.6 Å². The Hall–Kier alpha value is -1.65. The predicted octanol–water partition coefficient (Wildman–Crippen LogP) is 2.78. The van der Waals surface area contributed by atoms with Crippen molar-refractivity contribution in [2.24, 2.45) is 4.99 Å². The fraction of sp³-hybridized carbons (Fsp3) is 0.545. The van der Waals surface area contributed by atoms with E-state index < -0.39 is 0 Å². The molecule has 0 saturated carbocycles. The number of guanidine groups is 1. The normalized spacial score (nSPS) is 15.6. The molecule has 1 fully saturated rings. The molecule has 0 aliphatic carbocycles. The van der Waals surface area contributed by atoms with Crippen molar-refractivity contribution in [1.29, 1.82) is 0 Å². The lowest BCUT2D eigenvalue weighted by molar-refractivity contribution is 0.126. The molecule has 1 aliphatic heterocycles. The van der Waals surface area contributed by atoms with Crippen LogP contribution >= 0.6 is 24.0 Å². The van der Waals surface area contributed by atoms with Gasteiger partial charge in [-0.25, -0.2) is 4.98 Å². The lowest BCUT2D eigenvalue weighted by atomic mass is 10.2. The molecule has 2 aromatic rings. The van der Waals surface area contributed by atoms with Crippen LogP contribution in [0.15, 0.2) is 39.7 Å². The number of piperazine rings is 1. The highest BCUT2D eigenvalue weighted by molar-refractivity contribution is 14.0. The molecule has 8 heteroatoms. The first-order chi connectivity index (χ1) is 14.1. The SMILES string of the molecule is CN=C(NCCCN1CCN(Cc2ccccc2)CC1)NCc1nc(C)c(C)o1.I. The topological polar surface area (TPSA) is 68.9 Å². The van der Waals surface area contributed by atoms with E-state index in [1.807, 2.05) is 13.8 Å². The van der Waals surface area contributed by atoms with Gasteiger partial charge in [-0.05, 0) is 32.4 Å². The van der Waals surface area contributed by atoms with Gasteiger partial charge in [0.1, 0.15) is 5.76 Å². The van der Waals surface area contributed by atoms with Gasteiger partial charge in [-0.1, -0.05) is 30.3 Å². The summed E-state index contributed by atoms with van der Waals surface area (Å²) in [6.45, 7) is 12.1. The molecule has 1 aromatic heterocycles. The minimum atomic E-state index is 0. The van der Waals surface area contributed by atoms with Crippen LogP contribution in [-0.4, -0.2) is 67.1 Å². The molecular weight excluding hydrogens is 491 g/mol. The van der Waals surface area contributed by atoms with Gasteiger partial charge in [0.25, 0.3) is 0 Å². The average Bonchev–Trinajstić information content (AvgIpc) is 3.07. The van der Waals surface area contributed by atoms with Crippen LogP contribution in [0.3, 0.4) is 0 Å². The Morgan fingerprint density at radius 1 is 1.07 bits per heavy atom. The second kappa shape index (κ2) is 12.9. The molecule has 1 aromatic carbocycles. The Morgan fingerprint density at radius 3 is 2.40 bits per heavy atom. The van der Waals surface area contributed by atoms with Gasteiger partial charge >= 0.3 is 0 Å². The van der Waals surface area contributed by atoms with E-state index in [1.54, 1.807) is 7.05 Å². The van der Waals surface area contributed by atoms with Crippen LogP contribution in [0, 0.1) is 13.8 Å². The maximum absolute atomic E-state index is 5.59. The van der Waals surface area contributed by atoms with E-state index in [0.29, 0.717) is 12.4 Å². The molecular formula is C22H35IN6O. The van der Waals surface area contributed by atoms with E-state index in [2.05, 4.69) is 60.7 Å². The summed E-state index contributed by atoms with van der Waals surface area (Å²) in [4.78, 5) is 13.8. The van der Waals surface area contributed by atoms with Crippen LogP contribution in [0.1, 0.15) is 29.3 Å². The minimum absolute atomic E-state index is 0. The number of rotatable bonds is 8. The van der Waals surface area contributed by atoms with Gasteiger partial charge in [0.15, 0.2) is 5.96 Å². The van der Waals surface area contributed by atoms with Crippen molar-refractivity contribution in [2.75, 3.05) is 46.3 Å². The highest BCUT2D eigenvalue weighted by Gasteiger charge is 2.16. The Balaban J connectivity index is 0.00000320. The van der Waals surface area contributed by atoms with E-state index in [9.17, 15) is 0 Å². The van der Waals surface area contributed by atoms with Gasteiger partial charge in [-0.3, -0.25) is 9.89 Å². The summed E-state index contributed by atoms with van der Waals surface area (Å²) in [5.74, 6) is 2.34. The first kappa shape index (κ1) is 24.6.